The normalized spacial score (nSPS) is 6.00. The molecule has 0 fully saturated rings. The molecule has 0 saturated heterocycles. The first-order valence-electron chi connectivity index (χ1n) is 1.96. The maximum absolute atomic E-state index is 7.80. The number of nitrogens with two attached hydrogens (primary N) is 2. The smallest absolute Gasteiger partial charge is 0.183 e. The summed E-state index contributed by atoms with van der Waals surface area (Å²) < 4.78 is 0. The minimum Gasteiger partial charge on any atom is -0.396 e. The van der Waals surface area contributed by atoms with E-state index in [1.165, 1.54) is 0 Å². The number of hydrogen-bond acceptors (Lipinski definition) is 3. The van der Waals surface area contributed by atoms with Crippen molar-refractivity contribution >= 4 is 31.0 Å². The number of thiol groups is 1. The third-order valence-electron chi connectivity index (χ3n) is 0.1000. The van der Waals surface area contributed by atoms with Crippen LogP contribution in [0.5, 0.6) is 0 Å². The van der Waals surface area contributed by atoms with Crippen LogP contribution in [0.15, 0.2) is 0 Å². The predicted molar refractivity (Wildman–Crippen MR) is 44.3 cm³/mol. The van der Waals surface area contributed by atoms with Gasteiger partial charge in [0, 0.05) is 5.75 Å². The van der Waals surface area contributed by atoms with Gasteiger partial charge in [-0.2, -0.15) is 12.6 Å². The standard InChI is InChI=1S/C2H6OS.CH5N3.ClH/c3-1-2-4;2-1(3)4;/h3-4H,1-2H2;(H5,2,3,4);1H. The van der Waals surface area contributed by atoms with Gasteiger partial charge in [-0.25, -0.2) is 0 Å². The second-order valence-corrected chi connectivity index (χ2v) is 1.35. The number of hydrogen-bond donors (Lipinski definition) is 5. The van der Waals surface area contributed by atoms with E-state index in [-0.39, 0.29) is 25.0 Å². The molecule has 6 heteroatoms. The quantitative estimate of drug-likeness (QED) is 0.204. The highest BCUT2D eigenvalue weighted by Crippen LogP contribution is 1.61. The second-order valence-electron chi connectivity index (χ2n) is 0.903. The van der Waals surface area contributed by atoms with E-state index in [0.717, 1.165) is 0 Å². The van der Waals surface area contributed by atoms with Gasteiger partial charge >= 0.3 is 0 Å². The van der Waals surface area contributed by atoms with Crippen molar-refractivity contribution in [2.24, 2.45) is 11.5 Å². The van der Waals surface area contributed by atoms with Gasteiger partial charge in [0.15, 0.2) is 5.96 Å². The van der Waals surface area contributed by atoms with E-state index in [1.54, 1.807) is 0 Å². The fraction of sp³-hybridized carbons (Fsp3) is 0.667. The Labute approximate surface area is 65.9 Å². The molecule has 58 valence electrons. The first-order valence-corrected chi connectivity index (χ1v) is 2.59. The Morgan fingerprint density at radius 3 is 1.67 bits per heavy atom. The third kappa shape index (κ3) is 358. The zero-order valence-electron chi connectivity index (χ0n) is 4.87. The van der Waals surface area contributed by atoms with Gasteiger partial charge in [0.2, 0.25) is 0 Å². The molecule has 0 bridgehead atoms. The van der Waals surface area contributed by atoms with E-state index in [0.29, 0.717) is 5.75 Å². The summed E-state index contributed by atoms with van der Waals surface area (Å²) in [5.41, 5.74) is 8.94. The number of guanidine groups is 1. The average molecular weight is 174 g/mol. The molecule has 0 aliphatic rings. The number of nitrogens with one attached hydrogen (secondary N) is 1. The molecule has 0 aromatic carbocycles. The molecule has 6 N–H and O–H groups in total. The Morgan fingerprint density at radius 2 is 1.67 bits per heavy atom. The fourth-order valence-corrected chi connectivity index (χ4v) is 0. The predicted octanol–water partition coefficient (Wildman–Crippen LogP) is -0.831. The van der Waals surface area contributed by atoms with Crippen molar-refractivity contribution in [3.63, 3.8) is 0 Å². The molecule has 0 unspecified atom stereocenters. The van der Waals surface area contributed by atoms with Crippen molar-refractivity contribution in [2.45, 2.75) is 0 Å². The van der Waals surface area contributed by atoms with Crippen LogP contribution in [-0.2, 0) is 0 Å². The van der Waals surface area contributed by atoms with Gasteiger partial charge in [-0.1, -0.05) is 0 Å². The van der Waals surface area contributed by atoms with E-state index < -0.39 is 0 Å². The molecule has 0 saturated carbocycles. The summed E-state index contributed by atoms with van der Waals surface area (Å²) in [6, 6.07) is 0. The average Bonchev–Trinajstić information content (AvgIpc) is 1.65. The largest absolute Gasteiger partial charge is 0.396 e. The summed E-state index contributed by atoms with van der Waals surface area (Å²) in [5, 5.41) is 13.9. The van der Waals surface area contributed by atoms with Gasteiger partial charge in [-0.3, -0.25) is 5.41 Å². The van der Waals surface area contributed by atoms with Crippen molar-refractivity contribution in [1.82, 2.24) is 0 Å². The molecular weight excluding hydrogens is 162 g/mol. The zero-order chi connectivity index (χ0) is 6.99. The van der Waals surface area contributed by atoms with E-state index >= 15 is 0 Å². The summed E-state index contributed by atoms with van der Waals surface area (Å²) in [4.78, 5) is 0. The van der Waals surface area contributed by atoms with Gasteiger partial charge in [0.1, 0.15) is 0 Å². The Balaban J connectivity index is -0.0000000720. The van der Waals surface area contributed by atoms with E-state index in [2.05, 4.69) is 24.1 Å². The molecule has 0 aromatic rings. The summed E-state index contributed by atoms with van der Waals surface area (Å²) in [6.45, 7) is 0.184. The highest BCUT2D eigenvalue weighted by molar-refractivity contribution is 7.80. The van der Waals surface area contributed by atoms with Crippen molar-refractivity contribution in [3.8, 4) is 0 Å². The maximum atomic E-state index is 7.80. The molecule has 0 radical (unpaired) electrons. The van der Waals surface area contributed by atoms with Crippen molar-refractivity contribution in [3.05, 3.63) is 0 Å². The molecular formula is C3H12ClN3OS. The molecule has 0 atom stereocenters. The lowest BCUT2D eigenvalue weighted by molar-refractivity contribution is 0.323. The number of aliphatic hydroxyl groups is 1. The van der Waals surface area contributed by atoms with Crippen molar-refractivity contribution in [1.29, 1.82) is 5.41 Å². The molecule has 0 rings (SSSR count). The van der Waals surface area contributed by atoms with Crippen LogP contribution < -0.4 is 11.5 Å². The zero-order valence-corrected chi connectivity index (χ0v) is 6.58. The van der Waals surface area contributed by atoms with Gasteiger partial charge in [0.05, 0.1) is 6.61 Å². The molecule has 9 heavy (non-hydrogen) atoms. The van der Waals surface area contributed by atoms with Gasteiger partial charge in [-0.05, 0) is 0 Å². The first-order chi connectivity index (χ1) is 3.65. The van der Waals surface area contributed by atoms with E-state index in [4.69, 9.17) is 10.5 Å². The van der Waals surface area contributed by atoms with Gasteiger partial charge in [0.25, 0.3) is 0 Å². The Morgan fingerprint density at radius 1 is 1.56 bits per heavy atom. The minimum absolute atomic E-state index is 0. The van der Waals surface area contributed by atoms with E-state index in [9.17, 15) is 0 Å². The van der Waals surface area contributed by atoms with Crippen LogP contribution in [0.2, 0.25) is 0 Å². The van der Waals surface area contributed by atoms with Crippen LogP contribution in [0.25, 0.3) is 0 Å². The highest BCUT2D eigenvalue weighted by atomic mass is 35.5. The maximum Gasteiger partial charge on any atom is 0.183 e. The minimum atomic E-state index is -0.333. The molecule has 0 spiro atoms. The molecule has 0 aliphatic carbocycles. The molecule has 4 nitrogen and oxygen atoms in total. The Hall–Kier alpha value is -0.130. The topological polar surface area (TPSA) is 96.1 Å². The van der Waals surface area contributed by atoms with Crippen LogP contribution in [0.3, 0.4) is 0 Å². The molecule has 0 aromatic heterocycles. The lowest BCUT2D eigenvalue weighted by atomic mass is 10.9. The van der Waals surface area contributed by atoms with Crippen LogP contribution >= 0.6 is 25.0 Å². The van der Waals surface area contributed by atoms with Crippen molar-refractivity contribution in [2.75, 3.05) is 12.4 Å². The summed E-state index contributed by atoms with van der Waals surface area (Å²) in [7, 11) is 0. The lowest BCUT2D eigenvalue weighted by Gasteiger charge is -1.69. The molecule has 0 aliphatic heterocycles. The first kappa shape index (κ1) is 15.9. The molecule has 0 heterocycles. The third-order valence-corrected chi connectivity index (χ3v) is 0.300. The van der Waals surface area contributed by atoms with Crippen molar-refractivity contribution < 1.29 is 5.11 Å². The summed E-state index contributed by atoms with van der Waals surface area (Å²) >= 11 is 3.67. The second kappa shape index (κ2) is 15.7. The Bertz CT molecular complexity index is 57.0. The van der Waals surface area contributed by atoms with Crippen LogP contribution in [0.4, 0.5) is 0 Å². The van der Waals surface area contributed by atoms with Crippen LogP contribution in [0, 0.1) is 5.41 Å². The van der Waals surface area contributed by atoms with E-state index in [1.807, 2.05) is 0 Å². The highest BCUT2D eigenvalue weighted by Gasteiger charge is 1.57. The Kier molecular flexibility index (Phi) is 27.7. The van der Waals surface area contributed by atoms with Gasteiger partial charge < -0.3 is 16.6 Å². The lowest BCUT2D eigenvalue weighted by Crippen LogP contribution is -2.20. The van der Waals surface area contributed by atoms with Gasteiger partial charge in [-0.15, -0.1) is 12.4 Å². The van der Waals surface area contributed by atoms with Crippen LogP contribution in [-0.4, -0.2) is 23.4 Å². The summed E-state index contributed by atoms with van der Waals surface area (Å²) in [5.74, 6) is 0.236. The monoisotopic (exact) mass is 173 g/mol. The SMILES string of the molecule is Cl.N=C(N)N.OCCS. The van der Waals surface area contributed by atoms with Crippen LogP contribution in [0.1, 0.15) is 0 Å². The number of rotatable bonds is 1. The summed E-state index contributed by atoms with van der Waals surface area (Å²) in [6.07, 6.45) is 0. The molecule has 0 amide bonds. The number of aliphatic hydroxyl groups excluding tert-OH is 1. The fourth-order valence-electron chi connectivity index (χ4n) is 0. The number of halogens is 1.